The van der Waals surface area contributed by atoms with Crippen LogP contribution in [0.2, 0.25) is 0 Å². The summed E-state index contributed by atoms with van der Waals surface area (Å²) in [5, 5.41) is 11.8. The number of aromatic nitrogens is 3. The zero-order valence-corrected chi connectivity index (χ0v) is 23.0. The average molecular weight is 554 g/mol. The highest BCUT2D eigenvalue weighted by Gasteiger charge is 2.50. The lowest BCUT2D eigenvalue weighted by Crippen LogP contribution is -2.48. The molecule has 1 atom stereocenters. The quantitative estimate of drug-likeness (QED) is 0.406. The summed E-state index contributed by atoms with van der Waals surface area (Å²) in [5.74, 6) is 0.935. The van der Waals surface area contributed by atoms with Gasteiger partial charge in [0.2, 0.25) is 0 Å². The Morgan fingerprint density at radius 1 is 1.20 bits per heavy atom. The fourth-order valence-electron chi connectivity index (χ4n) is 6.54. The zero-order chi connectivity index (χ0) is 28.2. The Bertz CT molecular complexity index is 1420. The van der Waals surface area contributed by atoms with Crippen LogP contribution in [0.25, 0.3) is 0 Å². The number of carbonyl (C=O) groups excluding carboxylic acids is 1. The number of aryl methyl sites for hydroxylation is 1. The highest BCUT2D eigenvalue weighted by Crippen LogP contribution is 2.50. The summed E-state index contributed by atoms with van der Waals surface area (Å²) >= 11 is 0. The van der Waals surface area contributed by atoms with Crippen molar-refractivity contribution in [3.63, 3.8) is 0 Å². The molecule has 1 N–H and O–H groups in total. The molecule has 40 heavy (non-hydrogen) atoms. The van der Waals surface area contributed by atoms with Gasteiger partial charge in [-0.3, -0.25) is 4.79 Å². The molecule has 1 aromatic heterocycles. The number of anilines is 1. The molecule has 2 aromatic carbocycles. The van der Waals surface area contributed by atoms with E-state index in [2.05, 4.69) is 22.4 Å². The third-order valence-electron chi connectivity index (χ3n) is 9.23. The molecule has 0 saturated heterocycles. The molecule has 2 aliphatic carbocycles. The SMILES string of the molecule is CO[C@H]1C[C@](c2cccc(N3Cc4c(cc(CN[C@H](C)C5CCC5)cc4C(F)(F)F)C3=O)c2)(c2nncn2C)C1. The predicted molar refractivity (Wildman–Crippen MR) is 144 cm³/mol. The monoisotopic (exact) mass is 553 g/mol. The minimum atomic E-state index is -4.56. The van der Waals surface area contributed by atoms with Gasteiger partial charge in [0.05, 0.1) is 23.6 Å². The summed E-state index contributed by atoms with van der Waals surface area (Å²) in [5.41, 5.74) is 0.941. The van der Waals surface area contributed by atoms with Crippen molar-refractivity contribution in [2.24, 2.45) is 13.0 Å². The number of halogens is 3. The van der Waals surface area contributed by atoms with E-state index in [9.17, 15) is 18.0 Å². The molecular weight excluding hydrogens is 519 g/mol. The second kappa shape index (κ2) is 9.99. The molecular formula is C30H34F3N5O2. The first-order valence-corrected chi connectivity index (χ1v) is 13.9. The van der Waals surface area contributed by atoms with Crippen molar-refractivity contribution in [2.45, 2.75) is 75.9 Å². The van der Waals surface area contributed by atoms with Crippen LogP contribution in [0, 0.1) is 5.92 Å². The summed E-state index contributed by atoms with van der Waals surface area (Å²) in [6.45, 7) is 2.24. The van der Waals surface area contributed by atoms with Crippen LogP contribution < -0.4 is 10.2 Å². The van der Waals surface area contributed by atoms with Gasteiger partial charge < -0.3 is 19.5 Å². The van der Waals surface area contributed by atoms with Crippen LogP contribution in [-0.2, 0) is 36.5 Å². The fraction of sp³-hybridized carbons (Fsp3) is 0.500. The number of nitrogens with zero attached hydrogens (tertiary/aromatic N) is 4. The molecule has 2 heterocycles. The van der Waals surface area contributed by atoms with Crippen LogP contribution >= 0.6 is 0 Å². The Kier molecular flexibility index (Phi) is 6.73. The Hall–Kier alpha value is -3.24. The number of alkyl halides is 3. The van der Waals surface area contributed by atoms with Gasteiger partial charge in [-0.05, 0) is 79.5 Å². The van der Waals surface area contributed by atoms with E-state index in [0.717, 1.165) is 24.2 Å². The van der Waals surface area contributed by atoms with Gasteiger partial charge in [0.25, 0.3) is 5.91 Å². The smallest absolute Gasteiger partial charge is 0.381 e. The number of ether oxygens (including phenoxy) is 1. The number of hydrogen-bond acceptors (Lipinski definition) is 5. The zero-order valence-electron chi connectivity index (χ0n) is 23.0. The van der Waals surface area contributed by atoms with Gasteiger partial charge in [-0.15, -0.1) is 10.2 Å². The highest BCUT2D eigenvalue weighted by molar-refractivity contribution is 6.10. The van der Waals surface area contributed by atoms with Crippen molar-refractivity contribution in [2.75, 3.05) is 12.0 Å². The van der Waals surface area contributed by atoms with Crippen LogP contribution in [0.5, 0.6) is 0 Å². The first-order valence-electron chi connectivity index (χ1n) is 13.9. The molecule has 212 valence electrons. The van der Waals surface area contributed by atoms with E-state index < -0.39 is 23.1 Å². The van der Waals surface area contributed by atoms with E-state index in [-0.39, 0.29) is 36.4 Å². The van der Waals surface area contributed by atoms with Crippen molar-refractivity contribution in [3.05, 3.63) is 76.4 Å². The van der Waals surface area contributed by atoms with Gasteiger partial charge in [-0.25, -0.2) is 0 Å². The van der Waals surface area contributed by atoms with Gasteiger partial charge in [0.15, 0.2) is 0 Å². The average Bonchev–Trinajstić information content (AvgIpc) is 3.44. The summed E-state index contributed by atoms with van der Waals surface area (Å²) in [6, 6.07) is 10.6. The number of amides is 1. The predicted octanol–water partition coefficient (Wildman–Crippen LogP) is 5.37. The normalized spacial score (nSPS) is 23.6. The van der Waals surface area contributed by atoms with E-state index in [4.69, 9.17) is 4.74 Å². The van der Waals surface area contributed by atoms with Gasteiger partial charge in [-0.2, -0.15) is 13.2 Å². The molecule has 0 spiro atoms. The van der Waals surface area contributed by atoms with E-state index >= 15 is 0 Å². The molecule has 0 unspecified atom stereocenters. The van der Waals surface area contributed by atoms with Gasteiger partial charge in [-0.1, -0.05) is 18.6 Å². The first-order chi connectivity index (χ1) is 19.1. The lowest BCUT2D eigenvalue weighted by atomic mass is 9.62. The molecule has 3 aliphatic rings. The Labute approximate surface area is 231 Å². The van der Waals surface area contributed by atoms with Crippen LogP contribution in [-0.4, -0.2) is 39.9 Å². The number of nitrogens with one attached hydrogen (secondary N) is 1. The number of carbonyl (C=O) groups is 1. The Morgan fingerprint density at radius 2 is 1.98 bits per heavy atom. The van der Waals surface area contributed by atoms with Crippen LogP contribution in [0.15, 0.2) is 42.7 Å². The molecule has 6 rings (SSSR count). The largest absolute Gasteiger partial charge is 0.416 e. The lowest BCUT2D eigenvalue weighted by molar-refractivity contribution is -0.138. The number of hydrogen-bond donors (Lipinski definition) is 1. The van der Waals surface area contributed by atoms with Crippen LogP contribution in [0.1, 0.15) is 77.5 Å². The second-order valence-electron chi connectivity index (χ2n) is 11.6. The highest BCUT2D eigenvalue weighted by atomic mass is 19.4. The number of fused-ring (bicyclic) bond motifs is 1. The molecule has 3 aromatic rings. The van der Waals surface area contributed by atoms with E-state index in [0.29, 0.717) is 30.0 Å². The van der Waals surface area contributed by atoms with Crippen molar-refractivity contribution in [3.8, 4) is 0 Å². The lowest BCUT2D eigenvalue weighted by Gasteiger charge is -2.46. The van der Waals surface area contributed by atoms with E-state index in [1.54, 1.807) is 25.6 Å². The molecule has 1 amide bonds. The van der Waals surface area contributed by atoms with E-state index in [1.807, 2.05) is 29.8 Å². The summed E-state index contributed by atoms with van der Waals surface area (Å²) in [7, 11) is 3.57. The third-order valence-corrected chi connectivity index (χ3v) is 9.23. The maximum atomic E-state index is 14.2. The van der Waals surface area contributed by atoms with Gasteiger partial charge >= 0.3 is 6.18 Å². The summed E-state index contributed by atoms with van der Waals surface area (Å²) < 4.78 is 50.1. The van der Waals surface area contributed by atoms with Crippen LogP contribution in [0.4, 0.5) is 18.9 Å². The minimum Gasteiger partial charge on any atom is -0.381 e. The second-order valence-corrected chi connectivity index (χ2v) is 11.6. The maximum Gasteiger partial charge on any atom is 0.416 e. The van der Waals surface area contributed by atoms with Crippen molar-refractivity contribution in [1.29, 1.82) is 0 Å². The van der Waals surface area contributed by atoms with Gasteiger partial charge in [0.1, 0.15) is 12.2 Å². The van der Waals surface area contributed by atoms with Gasteiger partial charge in [0, 0.05) is 38.0 Å². The number of rotatable bonds is 8. The number of benzene rings is 2. The Morgan fingerprint density at radius 3 is 2.60 bits per heavy atom. The van der Waals surface area contributed by atoms with Crippen molar-refractivity contribution in [1.82, 2.24) is 20.1 Å². The third kappa shape index (κ3) is 4.51. The molecule has 10 heteroatoms. The molecule has 2 fully saturated rings. The molecule has 0 radical (unpaired) electrons. The molecule has 1 aliphatic heterocycles. The van der Waals surface area contributed by atoms with E-state index in [1.165, 1.54) is 17.4 Å². The first kappa shape index (κ1) is 27.0. The standard InChI is InChI=1S/C30H34F3N5O2/c1-18(20-6-4-7-20)34-15-19-10-24-25(26(11-19)30(31,32)33)16-38(27(24)39)22-9-5-8-21(12-22)29(13-23(14-29)40-3)28-36-35-17-37(28)2/h5,8-12,17-18,20,23,34H,4,6-7,13-16H2,1-3H3/t18-,23-,29-/m1/s1. The molecule has 7 nitrogen and oxygen atoms in total. The summed E-state index contributed by atoms with van der Waals surface area (Å²) in [6.07, 6.45) is 2.03. The minimum absolute atomic E-state index is 0.0322. The van der Waals surface area contributed by atoms with Crippen molar-refractivity contribution >= 4 is 11.6 Å². The Balaban J connectivity index is 1.31. The number of methoxy groups -OCH3 is 1. The van der Waals surface area contributed by atoms with Crippen LogP contribution in [0.3, 0.4) is 0 Å². The van der Waals surface area contributed by atoms with Crippen molar-refractivity contribution < 1.29 is 22.7 Å². The summed E-state index contributed by atoms with van der Waals surface area (Å²) in [4.78, 5) is 15.1. The maximum absolute atomic E-state index is 14.2. The fourth-order valence-corrected chi connectivity index (χ4v) is 6.54. The topological polar surface area (TPSA) is 72.3 Å². The molecule has 2 saturated carbocycles. The molecule has 0 bridgehead atoms.